The summed E-state index contributed by atoms with van der Waals surface area (Å²) in [5, 5.41) is 3.43. The van der Waals surface area contributed by atoms with E-state index < -0.39 is 0 Å². The Morgan fingerprint density at radius 3 is 2.09 bits per heavy atom. The Kier molecular flexibility index (Phi) is 6.54. The lowest BCUT2D eigenvalue weighted by Gasteiger charge is -2.39. The van der Waals surface area contributed by atoms with Gasteiger partial charge in [0, 0.05) is 43.9 Å². The van der Waals surface area contributed by atoms with E-state index in [0.717, 1.165) is 44.1 Å². The molecule has 23 heavy (non-hydrogen) atoms. The highest BCUT2D eigenvalue weighted by Gasteiger charge is 2.30. The number of nitrogens with one attached hydrogen (secondary N) is 1. The van der Waals surface area contributed by atoms with Gasteiger partial charge in [-0.25, -0.2) is 0 Å². The minimum Gasteiger partial charge on any atom is -0.496 e. The molecule has 2 atom stereocenters. The number of ether oxygens (including phenoxy) is 3. The fraction of sp³-hybridized carbons (Fsp3) is 0.667. The zero-order valence-corrected chi connectivity index (χ0v) is 15.0. The molecule has 1 heterocycles. The molecule has 0 aromatic heterocycles. The molecule has 1 aliphatic rings. The SMILES string of the molecule is CCC(C)[C@H](c1cc(OC)c(OC)cc1OC)N1CCNCC1. The van der Waals surface area contributed by atoms with Crippen molar-refractivity contribution in [2.24, 2.45) is 5.92 Å². The van der Waals surface area contributed by atoms with Gasteiger partial charge in [0.1, 0.15) is 5.75 Å². The molecule has 1 aliphatic heterocycles. The van der Waals surface area contributed by atoms with Crippen LogP contribution in [0.3, 0.4) is 0 Å². The highest BCUT2D eigenvalue weighted by atomic mass is 16.5. The van der Waals surface area contributed by atoms with Crippen LogP contribution in [0.2, 0.25) is 0 Å². The van der Waals surface area contributed by atoms with Crippen molar-refractivity contribution in [2.45, 2.75) is 26.3 Å². The molecule has 1 unspecified atom stereocenters. The molecule has 0 spiro atoms. The lowest BCUT2D eigenvalue weighted by atomic mass is 9.89. The molecule has 1 aromatic rings. The number of rotatable bonds is 7. The maximum absolute atomic E-state index is 5.68. The number of benzene rings is 1. The monoisotopic (exact) mass is 322 g/mol. The van der Waals surface area contributed by atoms with Gasteiger partial charge in [0.05, 0.1) is 21.3 Å². The predicted octanol–water partition coefficient (Wildman–Crippen LogP) is 2.70. The first-order valence-electron chi connectivity index (χ1n) is 8.40. The van der Waals surface area contributed by atoms with Crippen molar-refractivity contribution < 1.29 is 14.2 Å². The summed E-state index contributed by atoms with van der Waals surface area (Å²) in [6.07, 6.45) is 1.12. The van der Waals surface area contributed by atoms with Gasteiger partial charge >= 0.3 is 0 Å². The van der Waals surface area contributed by atoms with Crippen molar-refractivity contribution in [1.82, 2.24) is 10.2 Å². The normalized spacial score (nSPS) is 18.3. The molecule has 5 nitrogen and oxygen atoms in total. The average Bonchev–Trinajstić information content (AvgIpc) is 2.62. The largest absolute Gasteiger partial charge is 0.496 e. The fourth-order valence-corrected chi connectivity index (χ4v) is 3.33. The highest BCUT2D eigenvalue weighted by Crippen LogP contribution is 2.42. The summed E-state index contributed by atoms with van der Waals surface area (Å²) in [7, 11) is 5.05. The maximum Gasteiger partial charge on any atom is 0.164 e. The molecule has 5 heteroatoms. The van der Waals surface area contributed by atoms with Gasteiger partial charge in [-0.3, -0.25) is 4.90 Å². The van der Waals surface area contributed by atoms with Crippen LogP contribution < -0.4 is 19.5 Å². The zero-order valence-electron chi connectivity index (χ0n) is 15.0. The van der Waals surface area contributed by atoms with Gasteiger partial charge in [0.2, 0.25) is 0 Å². The van der Waals surface area contributed by atoms with Gasteiger partial charge in [-0.1, -0.05) is 20.3 Å². The first-order chi connectivity index (χ1) is 11.2. The molecule has 1 saturated heterocycles. The molecule has 0 amide bonds. The number of hydrogen-bond acceptors (Lipinski definition) is 5. The second-order valence-corrected chi connectivity index (χ2v) is 6.07. The van der Waals surface area contributed by atoms with Crippen LogP contribution in [0, 0.1) is 5.92 Å². The average molecular weight is 322 g/mol. The van der Waals surface area contributed by atoms with Crippen molar-refractivity contribution in [3.63, 3.8) is 0 Å². The second-order valence-electron chi connectivity index (χ2n) is 6.07. The smallest absolute Gasteiger partial charge is 0.164 e. The summed E-state index contributed by atoms with van der Waals surface area (Å²) in [5.74, 6) is 2.86. The Labute approximate surface area is 139 Å². The van der Waals surface area contributed by atoms with Crippen molar-refractivity contribution in [3.05, 3.63) is 17.7 Å². The van der Waals surface area contributed by atoms with Gasteiger partial charge in [0.25, 0.3) is 0 Å². The lowest BCUT2D eigenvalue weighted by Crippen LogP contribution is -2.46. The Morgan fingerprint density at radius 2 is 1.57 bits per heavy atom. The standard InChI is InChI=1S/C18H30N2O3/c1-6-13(2)18(20-9-7-19-8-10-20)14-11-16(22-4)17(23-5)12-15(14)21-3/h11-13,18-19H,6-10H2,1-5H3/t13?,18-/m1/s1. The van der Waals surface area contributed by atoms with Gasteiger partial charge in [0.15, 0.2) is 11.5 Å². The lowest BCUT2D eigenvalue weighted by molar-refractivity contribution is 0.125. The second kappa shape index (κ2) is 8.41. The molecule has 0 bridgehead atoms. The maximum atomic E-state index is 5.68. The van der Waals surface area contributed by atoms with E-state index >= 15 is 0 Å². The van der Waals surface area contributed by atoms with Gasteiger partial charge in [-0.05, 0) is 12.0 Å². The van der Waals surface area contributed by atoms with Crippen LogP contribution >= 0.6 is 0 Å². The van der Waals surface area contributed by atoms with Crippen molar-refractivity contribution in [3.8, 4) is 17.2 Å². The summed E-state index contributed by atoms with van der Waals surface area (Å²) >= 11 is 0. The molecule has 0 aliphatic carbocycles. The number of piperazine rings is 1. The van der Waals surface area contributed by atoms with Crippen molar-refractivity contribution in [1.29, 1.82) is 0 Å². The summed E-state index contributed by atoms with van der Waals surface area (Å²) in [4.78, 5) is 2.55. The molecule has 0 saturated carbocycles. The minimum atomic E-state index is 0.317. The third kappa shape index (κ3) is 3.90. The summed E-state index contributed by atoms with van der Waals surface area (Å²) in [6, 6.07) is 4.33. The van der Waals surface area contributed by atoms with Crippen LogP contribution in [0.25, 0.3) is 0 Å². The minimum absolute atomic E-state index is 0.317. The number of methoxy groups -OCH3 is 3. The predicted molar refractivity (Wildman–Crippen MR) is 92.7 cm³/mol. The molecular formula is C18H30N2O3. The Balaban J connectivity index is 2.47. The van der Waals surface area contributed by atoms with Crippen LogP contribution in [-0.4, -0.2) is 52.4 Å². The Morgan fingerprint density at radius 1 is 1.00 bits per heavy atom. The van der Waals surface area contributed by atoms with E-state index in [0.29, 0.717) is 17.7 Å². The van der Waals surface area contributed by atoms with E-state index in [9.17, 15) is 0 Å². The quantitative estimate of drug-likeness (QED) is 0.836. The van der Waals surface area contributed by atoms with E-state index in [2.05, 4.69) is 30.1 Å². The molecule has 1 aromatic carbocycles. The third-order valence-corrected chi connectivity index (χ3v) is 4.78. The van der Waals surface area contributed by atoms with Crippen molar-refractivity contribution in [2.75, 3.05) is 47.5 Å². The van der Waals surface area contributed by atoms with Gasteiger partial charge < -0.3 is 19.5 Å². The van der Waals surface area contributed by atoms with Gasteiger partial charge in [-0.2, -0.15) is 0 Å². The number of hydrogen-bond donors (Lipinski definition) is 1. The molecule has 130 valence electrons. The first kappa shape index (κ1) is 17.9. The van der Waals surface area contributed by atoms with Crippen LogP contribution in [0.5, 0.6) is 17.2 Å². The van der Waals surface area contributed by atoms with E-state index in [4.69, 9.17) is 14.2 Å². The van der Waals surface area contributed by atoms with E-state index in [1.165, 1.54) is 5.56 Å². The Bertz CT molecular complexity index is 501. The van der Waals surface area contributed by atoms with E-state index in [-0.39, 0.29) is 0 Å². The van der Waals surface area contributed by atoms with E-state index in [1.54, 1.807) is 21.3 Å². The zero-order chi connectivity index (χ0) is 16.8. The van der Waals surface area contributed by atoms with Crippen LogP contribution in [0.4, 0.5) is 0 Å². The summed E-state index contributed by atoms with van der Waals surface area (Å²) in [5.41, 5.74) is 1.18. The molecule has 2 rings (SSSR count). The topological polar surface area (TPSA) is 43.0 Å². The first-order valence-corrected chi connectivity index (χ1v) is 8.40. The number of nitrogens with zero attached hydrogens (tertiary/aromatic N) is 1. The van der Waals surface area contributed by atoms with Crippen LogP contribution in [0.15, 0.2) is 12.1 Å². The van der Waals surface area contributed by atoms with Gasteiger partial charge in [-0.15, -0.1) is 0 Å². The molecule has 1 N–H and O–H groups in total. The van der Waals surface area contributed by atoms with Crippen molar-refractivity contribution >= 4 is 0 Å². The van der Waals surface area contributed by atoms with Crippen LogP contribution in [0.1, 0.15) is 31.9 Å². The Hall–Kier alpha value is -1.46. The molecular weight excluding hydrogens is 292 g/mol. The van der Waals surface area contributed by atoms with E-state index in [1.807, 2.05) is 6.07 Å². The summed E-state index contributed by atoms with van der Waals surface area (Å²) in [6.45, 7) is 8.71. The molecule has 0 radical (unpaired) electrons. The summed E-state index contributed by atoms with van der Waals surface area (Å²) < 4.78 is 16.6. The molecule has 1 fully saturated rings. The van der Waals surface area contributed by atoms with Crippen LogP contribution in [-0.2, 0) is 0 Å². The fourth-order valence-electron chi connectivity index (χ4n) is 3.33. The highest BCUT2D eigenvalue weighted by molar-refractivity contribution is 5.52. The third-order valence-electron chi connectivity index (χ3n) is 4.78.